The maximum atomic E-state index is 12.8. The van der Waals surface area contributed by atoms with Crippen LogP contribution in [-0.2, 0) is 4.74 Å². The fourth-order valence-electron chi connectivity index (χ4n) is 3.77. The summed E-state index contributed by atoms with van der Waals surface area (Å²) in [6.45, 7) is 11.9. The highest BCUT2D eigenvalue weighted by Gasteiger charge is 2.26. The van der Waals surface area contributed by atoms with Crippen molar-refractivity contribution < 1.29 is 14.3 Å². The Morgan fingerprint density at radius 1 is 0.943 bits per heavy atom. The van der Waals surface area contributed by atoms with Crippen LogP contribution >= 0.6 is 0 Å². The molecule has 0 saturated carbocycles. The third-order valence-electron chi connectivity index (χ3n) is 5.67. The minimum atomic E-state index is -0.508. The molecule has 3 aromatic rings. The first kappa shape index (κ1) is 24.2. The summed E-state index contributed by atoms with van der Waals surface area (Å²) in [4.78, 5) is 33.3. The first-order chi connectivity index (χ1) is 16.6. The summed E-state index contributed by atoms with van der Waals surface area (Å²) < 4.78 is 7.09. The van der Waals surface area contributed by atoms with E-state index in [1.807, 2.05) is 65.0 Å². The highest BCUT2D eigenvalue weighted by Crippen LogP contribution is 2.20. The molecule has 1 fully saturated rings. The molecule has 1 saturated heterocycles. The molecule has 3 heterocycles. The van der Waals surface area contributed by atoms with E-state index < -0.39 is 5.60 Å². The highest BCUT2D eigenvalue weighted by molar-refractivity contribution is 6.03. The van der Waals surface area contributed by atoms with Crippen LogP contribution in [0, 0.1) is 13.8 Å². The van der Waals surface area contributed by atoms with Crippen molar-refractivity contribution in [2.24, 2.45) is 0 Å². The molecule has 0 aliphatic carbocycles. The van der Waals surface area contributed by atoms with Crippen LogP contribution in [0.2, 0.25) is 0 Å². The summed E-state index contributed by atoms with van der Waals surface area (Å²) >= 11 is 0. The van der Waals surface area contributed by atoms with Gasteiger partial charge in [-0.1, -0.05) is 22.9 Å². The fraction of sp³-hybridized carbons (Fsp3) is 0.400. The van der Waals surface area contributed by atoms with Crippen LogP contribution in [-0.4, -0.2) is 68.7 Å². The van der Waals surface area contributed by atoms with Crippen molar-refractivity contribution in [1.29, 1.82) is 0 Å². The molecule has 1 aromatic carbocycles. The summed E-state index contributed by atoms with van der Waals surface area (Å²) in [5, 5.41) is 11.0. The Balaban J connectivity index is 1.35. The molecule has 1 N–H and O–H groups in total. The molecule has 1 aliphatic rings. The third kappa shape index (κ3) is 5.76. The van der Waals surface area contributed by atoms with Crippen LogP contribution in [0.3, 0.4) is 0 Å². The summed E-state index contributed by atoms with van der Waals surface area (Å²) in [5.74, 6) is 0.0579. The largest absolute Gasteiger partial charge is 0.444 e. The second-order valence-electron chi connectivity index (χ2n) is 9.58. The van der Waals surface area contributed by atoms with E-state index in [1.54, 1.807) is 21.8 Å². The standard InChI is InChI=1S/C25H31N7O3/c1-17-6-8-19(9-7-17)32-18(2)22(28-29-32)23(33)27-21-11-10-20(16-26-21)30-12-14-31(15-13-30)24(34)35-25(3,4)5/h6-11,16H,12-15H2,1-5H3,(H,26,27,33). The number of aromatic nitrogens is 4. The van der Waals surface area contributed by atoms with Crippen molar-refractivity contribution in [3.05, 3.63) is 59.5 Å². The van der Waals surface area contributed by atoms with E-state index in [9.17, 15) is 9.59 Å². The lowest BCUT2D eigenvalue weighted by Crippen LogP contribution is -2.50. The number of benzene rings is 1. The zero-order chi connectivity index (χ0) is 25.2. The van der Waals surface area contributed by atoms with E-state index in [1.165, 1.54) is 0 Å². The zero-order valence-electron chi connectivity index (χ0n) is 20.8. The van der Waals surface area contributed by atoms with Gasteiger partial charge in [0.25, 0.3) is 5.91 Å². The Hall–Kier alpha value is -3.95. The van der Waals surface area contributed by atoms with Crippen molar-refractivity contribution in [2.75, 3.05) is 36.4 Å². The summed E-state index contributed by atoms with van der Waals surface area (Å²) in [6.07, 6.45) is 1.43. The number of piperazine rings is 1. The molecular formula is C25H31N7O3. The van der Waals surface area contributed by atoms with Gasteiger partial charge in [-0.25, -0.2) is 14.5 Å². The molecule has 0 unspecified atom stereocenters. The summed E-state index contributed by atoms with van der Waals surface area (Å²) in [7, 11) is 0. The van der Waals surface area contributed by atoms with Crippen LogP contribution in [0.1, 0.15) is 42.5 Å². The number of nitrogens with zero attached hydrogens (tertiary/aromatic N) is 6. The van der Waals surface area contributed by atoms with Gasteiger partial charge in [0.2, 0.25) is 0 Å². The lowest BCUT2D eigenvalue weighted by Gasteiger charge is -2.36. The topological polar surface area (TPSA) is 105 Å². The number of carbonyl (C=O) groups excluding carboxylic acids is 2. The number of aryl methyl sites for hydroxylation is 1. The minimum absolute atomic E-state index is 0.245. The molecule has 0 atom stereocenters. The molecule has 10 nitrogen and oxygen atoms in total. The van der Waals surface area contributed by atoms with Gasteiger partial charge in [0.05, 0.1) is 23.3 Å². The van der Waals surface area contributed by atoms with Gasteiger partial charge in [0.1, 0.15) is 11.4 Å². The molecule has 10 heteroatoms. The van der Waals surface area contributed by atoms with E-state index >= 15 is 0 Å². The van der Waals surface area contributed by atoms with E-state index in [0.29, 0.717) is 37.7 Å². The van der Waals surface area contributed by atoms with Gasteiger partial charge in [-0.2, -0.15) is 0 Å². The molecule has 184 valence electrons. The Kier molecular flexibility index (Phi) is 6.72. The minimum Gasteiger partial charge on any atom is -0.444 e. The zero-order valence-corrected chi connectivity index (χ0v) is 20.8. The average Bonchev–Trinajstić information content (AvgIpc) is 3.20. The normalized spacial score (nSPS) is 14.1. The number of anilines is 2. The first-order valence-electron chi connectivity index (χ1n) is 11.6. The molecule has 1 aliphatic heterocycles. The second kappa shape index (κ2) is 9.73. The van der Waals surface area contributed by atoms with Crippen LogP contribution in [0.5, 0.6) is 0 Å². The third-order valence-corrected chi connectivity index (χ3v) is 5.67. The Labute approximate surface area is 204 Å². The maximum absolute atomic E-state index is 12.8. The van der Waals surface area contributed by atoms with E-state index in [0.717, 1.165) is 16.9 Å². The van der Waals surface area contributed by atoms with Gasteiger partial charge in [0.15, 0.2) is 5.69 Å². The van der Waals surface area contributed by atoms with Crippen molar-refractivity contribution >= 4 is 23.5 Å². The van der Waals surface area contributed by atoms with E-state index in [2.05, 4.69) is 25.5 Å². The van der Waals surface area contributed by atoms with Gasteiger partial charge >= 0.3 is 6.09 Å². The van der Waals surface area contributed by atoms with E-state index in [4.69, 9.17) is 4.74 Å². The lowest BCUT2D eigenvalue weighted by molar-refractivity contribution is 0.0240. The van der Waals surface area contributed by atoms with Crippen molar-refractivity contribution in [3.8, 4) is 5.69 Å². The quantitative estimate of drug-likeness (QED) is 0.612. The first-order valence-corrected chi connectivity index (χ1v) is 11.6. The molecule has 2 amide bonds. The number of carbonyl (C=O) groups is 2. The van der Waals surface area contributed by atoms with Gasteiger partial charge in [0, 0.05) is 26.2 Å². The Morgan fingerprint density at radius 3 is 2.20 bits per heavy atom. The molecular weight excluding hydrogens is 446 g/mol. The van der Waals surface area contributed by atoms with Gasteiger partial charge in [-0.3, -0.25) is 4.79 Å². The lowest BCUT2D eigenvalue weighted by atomic mass is 10.2. The molecule has 2 aromatic heterocycles. The van der Waals surface area contributed by atoms with Crippen molar-refractivity contribution in [1.82, 2.24) is 24.9 Å². The number of ether oxygens (including phenoxy) is 1. The fourth-order valence-corrected chi connectivity index (χ4v) is 3.77. The maximum Gasteiger partial charge on any atom is 0.410 e. The number of rotatable bonds is 4. The molecule has 0 spiro atoms. The molecule has 4 rings (SSSR count). The number of hydrogen-bond donors (Lipinski definition) is 1. The highest BCUT2D eigenvalue weighted by atomic mass is 16.6. The number of amides is 2. The SMILES string of the molecule is Cc1ccc(-n2nnc(C(=O)Nc3ccc(N4CCN(C(=O)OC(C)(C)C)CC4)cn3)c2C)cc1. The Bertz CT molecular complexity index is 1190. The summed E-state index contributed by atoms with van der Waals surface area (Å²) in [5.41, 5.74) is 3.29. The van der Waals surface area contributed by atoms with Gasteiger partial charge < -0.3 is 19.9 Å². The van der Waals surface area contributed by atoms with Gasteiger partial charge in [-0.15, -0.1) is 5.10 Å². The summed E-state index contributed by atoms with van der Waals surface area (Å²) in [6, 6.07) is 11.5. The second-order valence-corrected chi connectivity index (χ2v) is 9.58. The van der Waals surface area contributed by atoms with Crippen molar-refractivity contribution in [2.45, 2.75) is 40.2 Å². The number of pyridine rings is 1. The molecule has 0 bridgehead atoms. The van der Waals surface area contributed by atoms with Gasteiger partial charge in [-0.05, 0) is 58.9 Å². The molecule has 0 radical (unpaired) electrons. The van der Waals surface area contributed by atoms with Crippen LogP contribution in [0.25, 0.3) is 5.69 Å². The monoisotopic (exact) mass is 477 g/mol. The number of hydrogen-bond acceptors (Lipinski definition) is 7. The van der Waals surface area contributed by atoms with Crippen LogP contribution in [0.4, 0.5) is 16.3 Å². The average molecular weight is 478 g/mol. The van der Waals surface area contributed by atoms with Crippen LogP contribution in [0.15, 0.2) is 42.6 Å². The van der Waals surface area contributed by atoms with Crippen molar-refractivity contribution in [3.63, 3.8) is 0 Å². The molecule has 35 heavy (non-hydrogen) atoms. The Morgan fingerprint density at radius 2 is 1.60 bits per heavy atom. The van der Waals surface area contributed by atoms with E-state index in [-0.39, 0.29) is 17.7 Å². The predicted octanol–water partition coefficient (Wildman–Crippen LogP) is 3.59. The van der Waals surface area contributed by atoms with Crippen LogP contribution < -0.4 is 10.2 Å². The number of nitrogens with one attached hydrogen (secondary N) is 1. The smallest absolute Gasteiger partial charge is 0.410 e. The predicted molar refractivity (Wildman–Crippen MR) is 133 cm³/mol.